The Morgan fingerprint density at radius 3 is 2.89 bits per heavy atom. The molecule has 2 atom stereocenters. The lowest BCUT2D eigenvalue weighted by molar-refractivity contribution is -0.122. The monoisotopic (exact) mass is 401 g/mol. The number of hydrogen-bond donors (Lipinski definition) is 2. The quantitative estimate of drug-likeness (QED) is 0.704. The van der Waals surface area contributed by atoms with Crippen molar-refractivity contribution in [3.05, 3.63) is 41.2 Å². The van der Waals surface area contributed by atoms with Crippen molar-refractivity contribution in [1.29, 1.82) is 0 Å². The molecule has 7 heteroatoms. The van der Waals surface area contributed by atoms with E-state index in [0.717, 1.165) is 52.9 Å². The summed E-state index contributed by atoms with van der Waals surface area (Å²) in [4.78, 5) is 17.3. The van der Waals surface area contributed by atoms with E-state index in [0.29, 0.717) is 18.9 Å². The third kappa shape index (κ3) is 3.84. The molecule has 4 rings (SSSR count). The molecule has 0 saturated carbocycles. The van der Waals surface area contributed by atoms with Crippen LogP contribution in [0.3, 0.4) is 0 Å². The van der Waals surface area contributed by atoms with E-state index in [1.165, 1.54) is 0 Å². The summed E-state index contributed by atoms with van der Waals surface area (Å²) in [6.45, 7) is 7.26. The fraction of sp³-hybridized carbons (Fsp3) is 0.476. The second-order valence-electron chi connectivity index (χ2n) is 7.57. The fourth-order valence-corrected chi connectivity index (χ4v) is 4.10. The number of carbonyl (C=O) groups is 1. The molecule has 2 aromatic heterocycles. The van der Waals surface area contributed by atoms with Crippen LogP contribution < -0.4 is 10.6 Å². The highest BCUT2D eigenvalue weighted by atomic mass is 35.5. The number of aryl methyl sites for hydroxylation is 2. The molecule has 0 spiro atoms. The summed E-state index contributed by atoms with van der Waals surface area (Å²) in [5, 5.41) is 12.4. The SMILES string of the molecule is Cc1nc2c3ccccc3nn2c(C)c1CCC(=O)NC1CCCNC1C.Cl. The van der Waals surface area contributed by atoms with E-state index in [1.54, 1.807) is 0 Å². The van der Waals surface area contributed by atoms with E-state index in [1.807, 2.05) is 29.6 Å². The Bertz CT molecular complexity index is 999. The summed E-state index contributed by atoms with van der Waals surface area (Å²) in [6.07, 6.45) is 3.31. The molecule has 3 aromatic rings. The molecule has 1 aliphatic heterocycles. The summed E-state index contributed by atoms with van der Waals surface area (Å²) in [7, 11) is 0. The van der Waals surface area contributed by atoms with Gasteiger partial charge in [0.05, 0.1) is 5.52 Å². The normalized spacial score (nSPS) is 19.5. The van der Waals surface area contributed by atoms with Crippen LogP contribution in [0.5, 0.6) is 0 Å². The lowest BCUT2D eigenvalue weighted by atomic mass is 9.99. The molecule has 2 N–H and O–H groups in total. The van der Waals surface area contributed by atoms with E-state index in [4.69, 9.17) is 10.1 Å². The van der Waals surface area contributed by atoms with E-state index >= 15 is 0 Å². The second kappa shape index (κ2) is 8.45. The van der Waals surface area contributed by atoms with Crippen molar-refractivity contribution in [2.75, 3.05) is 6.54 Å². The van der Waals surface area contributed by atoms with Crippen LogP contribution in [0.4, 0.5) is 0 Å². The van der Waals surface area contributed by atoms with Crippen molar-refractivity contribution in [3.63, 3.8) is 0 Å². The third-order valence-electron chi connectivity index (χ3n) is 5.73. The van der Waals surface area contributed by atoms with Gasteiger partial charge in [-0.3, -0.25) is 4.79 Å². The molecule has 0 aliphatic carbocycles. The topological polar surface area (TPSA) is 71.3 Å². The molecule has 2 unspecified atom stereocenters. The number of aromatic nitrogens is 3. The first-order chi connectivity index (χ1) is 13.0. The lowest BCUT2D eigenvalue weighted by Crippen LogP contribution is -2.51. The van der Waals surface area contributed by atoms with Gasteiger partial charge in [0, 0.05) is 35.3 Å². The summed E-state index contributed by atoms with van der Waals surface area (Å²) < 4.78 is 1.91. The number of piperidine rings is 1. The van der Waals surface area contributed by atoms with Crippen molar-refractivity contribution >= 4 is 34.9 Å². The molecule has 1 aromatic carbocycles. The van der Waals surface area contributed by atoms with Crippen molar-refractivity contribution in [2.45, 2.75) is 58.5 Å². The number of halogens is 1. The molecular weight excluding hydrogens is 374 g/mol. The van der Waals surface area contributed by atoms with Crippen LogP contribution in [-0.2, 0) is 11.2 Å². The van der Waals surface area contributed by atoms with Crippen LogP contribution >= 0.6 is 12.4 Å². The highest BCUT2D eigenvalue weighted by Gasteiger charge is 2.22. The van der Waals surface area contributed by atoms with Gasteiger partial charge in [0.15, 0.2) is 5.65 Å². The minimum absolute atomic E-state index is 0. The number of carbonyl (C=O) groups excluding carboxylic acids is 1. The maximum atomic E-state index is 12.5. The Hall–Kier alpha value is -2.18. The second-order valence-corrected chi connectivity index (χ2v) is 7.57. The van der Waals surface area contributed by atoms with Gasteiger partial charge in [-0.15, -0.1) is 12.4 Å². The fourth-order valence-electron chi connectivity index (χ4n) is 4.10. The molecule has 0 bridgehead atoms. The number of nitrogens with one attached hydrogen (secondary N) is 2. The predicted molar refractivity (Wildman–Crippen MR) is 114 cm³/mol. The summed E-state index contributed by atoms with van der Waals surface area (Å²) in [5.74, 6) is 0.111. The highest BCUT2D eigenvalue weighted by Crippen LogP contribution is 2.23. The Kier molecular flexibility index (Phi) is 6.20. The Balaban J connectivity index is 0.00000225. The van der Waals surface area contributed by atoms with Gasteiger partial charge < -0.3 is 10.6 Å². The van der Waals surface area contributed by atoms with Crippen LogP contribution in [-0.4, -0.2) is 39.1 Å². The van der Waals surface area contributed by atoms with E-state index in [9.17, 15) is 4.79 Å². The number of benzene rings is 1. The molecule has 3 heterocycles. The highest BCUT2D eigenvalue weighted by molar-refractivity contribution is 5.92. The zero-order valence-electron chi connectivity index (χ0n) is 16.7. The van der Waals surface area contributed by atoms with Crippen LogP contribution in [0.2, 0.25) is 0 Å². The zero-order chi connectivity index (χ0) is 19.0. The predicted octanol–water partition coefficient (Wildman–Crippen LogP) is 3.11. The number of hydrogen-bond acceptors (Lipinski definition) is 4. The van der Waals surface area contributed by atoms with Gasteiger partial charge in [0.2, 0.25) is 5.91 Å². The van der Waals surface area contributed by atoms with E-state index < -0.39 is 0 Å². The Morgan fingerprint density at radius 1 is 1.32 bits per heavy atom. The van der Waals surface area contributed by atoms with Gasteiger partial charge in [-0.1, -0.05) is 12.1 Å². The average molecular weight is 402 g/mol. The van der Waals surface area contributed by atoms with Gasteiger partial charge in [0.25, 0.3) is 0 Å². The smallest absolute Gasteiger partial charge is 0.220 e. The molecule has 150 valence electrons. The standard InChI is InChI=1S/C21H27N5O.ClH/c1-13-16(10-11-20(27)24-18-9-6-12-22-14(18)2)15(3)26-21(23-13)17-7-4-5-8-19(17)25-26;/h4-5,7-8,14,18,22H,6,9-12H2,1-3H3,(H,24,27);1H. The summed E-state index contributed by atoms with van der Waals surface area (Å²) >= 11 is 0. The molecule has 1 saturated heterocycles. The van der Waals surface area contributed by atoms with Crippen molar-refractivity contribution in [1.82, 2.24) is 25.2 Å². The number of fused-ring (bicyclic) bond motifs is 3. The van der Waals surface area contributed by atoms with Crippen LogP contribution in [0, 0.1) is 13.8 Å². The van der Waals surface area contributed by atoms with E-state index in [2.05, 4.69) is 30.5 Å². The molecule has 1 fully saturated rings. The lowest BCUT2D eigenvalue weighted by Gasteiger charge is -2.30. The first-order valence-corrected chi connectivity index (χ1v) is 9.81. The molecule has 1 amide bonds. The Labute approximate surface area is 171 Å². The summed E-state index contributed by atoms with van der Waals surface area (Å²) in [5.41, 5.74) is 4.98. The summed E-state index contributed by atoms with van der Waals surface area (Å²) in [6, 6.07) is 8.62. The Morgan fingerprint density at radius 2 is 2.11 bits per heavy atom. The van der Waals surface area contributed by atoms with Crippen LogP contribution in [0.25, 0.3) is 16.6 Å². The minimum Gasteiger partial charge on any atom is -0.352 e. The van der Waals surface area contributed by atoms with E-state index in [-0.39, 0.29) is 24.4 Å². The van der Waals surface area contributed by atoms with Crippen molar-refractivity contribution in [2.24, 2.45) is 0 Å². The molecule has 1 aliphatic rings. The van der Waals surface area contributed by atoms with Crippen molar-refractivity contribution in [3.8, 4) is 0 Å². The third-order valence-corrected chi connectivity index (χ3v) is 5.73. The molecular formula is C21H28ClN5O. The number of amides is 1. The van der Waals surface area contributed by atoms with Gasteiger partial charge in [-0.25, -0.2) is 9.50 Å². The first kappa shape index (κ1) is 20.6. The van der Waals surface area contributed by atoms with Crippen LogP contribution in [0.1, 0.15) is 43.1 Å². The average Bonchev–Trinajstić information content (AvgIpc) is 3.02. The molecule has 6 nitrogen and oxygen atoms in total. The maximum Gasteiger partial charge on any atom is 0.220 e. The molecule has 0 radical (unpaired) electrons. The maximum absolute atomic E-state index is 12.5. The number of nitrogens with zero attached hydrogens (tertiary/aromatic N) is 3. The number of rotatable bonds is 4. The molecule has 28 heavy (non-hydrogen) atoms. The zero-order valence-corrected chi connectivity index (χ0v) is 17.5. The van der Waals surface area contributed by atoms with Gasteiger partial charge in [-0.2, -0.15) is 5.10 Å². The first-order valence-electron chi connectivity index (χ1n) is 9.81. The van der Waals surface area contributed by atoms with Crippen LogP contribution in [0.15, 0.2) is 24.3 Å². The van der Waals surface area contributed by atoms with Gasteiger partial charge in [0.1, 0.15) is 0 Å². The van der Waals surface area contributed by atoms with Crippen molar-refractivity contribution < 1.29 is 4.79 Å². The largest absolute Gasteiger partial charge is 0.352 e. The van der Waals surface area contributed by atoms with Gasteiger partial charge in [-0.05, 0) is 64.3 Å². The minimum atomic E-state index is 0. The van der Waals surface area contributed by atoms with Gasteiger partial charge >= 0.3 is 0 Å².